The van der Waals surface area contributed by atoms with Crippen molar-refractivity contribution < 1.29 is 18.8 Å². The lowest BCUT2D eigenvalue weighted by molar-refractivity contribution is 0.0474. The van der Waals surface area contributed by atoms with Gasteiger partial charge in [0.15, 0.2) is 6.61 Å². The number of fused-ring (bicyclic) bond motifs is 1. The fourth-order valence-electron chi connectivity index (χ4n) is 3.03. The number of aromatic amines is 1. The number of rotatable bonds is 5. The van der Waals surface area contributed by atoms with Gasteiger partial charge in [-0.05, 0) is 19.1 Å². The molecular formula is C21H15ClN2O4. The van der Waals surface area contributed by atoms with Gasteiger partial charge in [0.2, 0.25) is 5.78 Å². The quantitative estimate of drug-likeness (QED) is 0.387. The summed E-state index contributed by atoms with van der Waals surface area (Å²) in [6, 6.07) is 14.4. The molecular weight excluding hydrogens is 380 g/mol. The second-order valence-corrected chi connectivity index (χ2v) is 6.60. The summed E-state index contributed by atoms with van der Waals surface area (Å²) in [7, 11) is 0. The van der Waals surface area contributed by atoms with Gasteiger partial charge in [-0.15, -0.1) is 0 Å². The molecule has 140 valence electrons. The maximum atomic E-state index is 12.6. The Bertz CT molecular complexity index is 1190. The molecule has 1 N–H and O–H groups in total. The van der Waals surface area contributed by atoms with Gasteiger partial charge in [-0.2, -0.15) is 0 Å². The van der Waals surface area contributed by atoms with Gasteiger partial charge < -0.3 is 14.2 Å². The van der Waals surface area contributed by atoms with E-state index < -0.39 is 12.6 Å². The second kappa shape index (κ2) is 7.32. The Morgan fingerprint density at radius 2 is 1.89 bits per heavy atom. The summed E-state index contributed by atoms with van der Waals surface area (Å²) in [4.78, 5) is 28.2. The Morgan fingerprint density at radius 3 is 2.71 bits per heavy atom. The molecule has 0 unspecified atom stereocenters. The highest BCUT2D eigenvalue weighted by molar-refractivity contribution is 6.33. The maximum Gasteiger partial charge on any atom is 0.344 e. The third-order valence-corrected chi connectivity index (χ3v) is 4.75. The third-order valence-electron chi connectivity index (χ3n) is 4.42. The summed E-state index contributed by atoms with van der Waals surface area (Å²) in [5.41, 5.74) is 2.30. The summed E-state index contributed by atoms with van der Waals surface area (Å²) < 4.78 is 10.4. The standard InChI is InChI=1S/C21H15ClN2O4/c1-12-19(20(24-28-12)14-7-2-4-8-16(14)22)21(26)27-11-18(25)15-10-23-17-9-5-3-6-13(15)17/h2-10,23H,11H2,1H3. The highest BCUT2D eigenvalue weighted by atomic mass is 35.5. The van der Waals surface area contributed by atoms with E-state index in [2.05, 4.69) is 10.1 Å². The number of aryl methyl sites for hydroxylation is 1. The lowest BCUT2D eigenvalue weighted by atomic mass is 10.1. The van der Waals surface area contributed by atoms with Crippen LogP contribution in [0.25, 0.3) is 22.2 Å². The first kappa shape index (κ1) is 18.0. The number of para-hydroxylation sites is 1. The maximum absolute atomic E-state index is 12.6. The molecule has 0 fully saturated rings. The van der Waals surface area contributed by atoms with E-state index in [9.17, 15) is 9.59 Å². The molecule has 2 aromatic carbocycles. The average molecular weight is 395 g/mol. The number of benzene rings is 2. The smallest absolute Gasteiger partial charge is 0.344 e. The predicted octanol–water partition coefficient (Wildman–Crippen LogP) is 4.82. The van der Waals surface area contributed by atoms with Crippen LogP contribution in [0.2, 0.25) is 5.02 Å². The SMILES string of the molecule is Cc1onc(-c2ccccc2Cl)c1C(=O)OCC(=O)c1c[nH]c2ccccc12. The Balaban J connectivity index is 1.56. The molecule has 0 radical (unpaired) electrons. The second-order valence-electron chi connectivity index (χ2n) is 6.19. The van der Waals surface area contributed by atoms with Crippen LogP contribution in [0.5, 0.6) is 0 Å². The summed E-state index contributed by atoms with van der Waals surface area (Å²) >= 11 is 6.20. The molecule has 6 nitrogen and oxygen atoms in total. The van der Waals surface area contributed by atoms with E-state index in [0.29, 0.717) is 21.9 Å². The number of nitrogens with one attached hydrogen (secondary N) is 1. The topological polar surface area (TPSA) is 85.2 Å². The van der Waals surface area contributed by atoms with Crippen molar-refractivity contribution in [2.75, 3.05) is 6.61 Å². The van der Waals surface area contributed by atoms with E-state index in [1.54, 1.807) is 37.4 Å². The van der Waals surface area contributed by atoms with Crippen LogP contribution in [0, 0.1) is 6.92 Å². The first-order valence-corrected chi connectivity index (χ1v) is 8.91. The average Bonchev–Trinajstić information content (AvgIpc) is 3.30. The van der Waals surface area contributed by atoms with Gasteiger partial charge in [0.05, 0.1) is 5.02 Å². The van der Waals surface area contributed by atoms with Crippen LogP contribution in [0.4, 0.5) is 0 Å². The van der Waals surface area contributed by atoms with E-state index >= 15 is 0 Å². The zero-order valence-electron chi connectivity index (χ0n) is 14.9. The Kier molecular flexibility index (Phi) is 4.71. The van der Waals surface area contributed by atoms with Gasteiger partial charge in [0.1, 0.15) is 17.0 Å². The summed E-state index contributed by atoms with van der Waals surface area (Å²) in [5, 5.41) is 5.15. The Labute approximate surface area is 165 Å². The zero-order chi connectivity index (χ0) is 19.7. The van der Waals surface area contributed by atoms with Crippen LogP contribution in [-0.4, -0.2) is 28.5 Å². The van der Waals surface area contributed by atoms with Gasteiger partial charge in [0.25, 0.3) is 0 Å². The van der Waals surface area contributed by atoms with E-state index in [0.717, 1.165) is 10.9 Å². The van der Waals surface area contributed by atoms with Crippen molar-refractivity contribution in [1.29, 1.82) is 0 Å². The number of carbonyl (C=O) groups excluding carboxylic acids is 2. The molecule has 2 aromatic heterocycles. The molecule has 0 atom stereocenters. The number of ether oxygens (including phenoxy) is 1. The first-order valence-electron chi connectivity index (χ1n) is 8.54. The van der Waals surface area contributed by atoms with Gasteiger partial charge in [-0.25, -0.2) is 4.79 Å². The minimum absolute atomic E-state index is 0.153. The molecule has 4 rings (SSSR count). The van der Waals surface area contributed by atoms with Crippen LogP contribution in [0.1, 0.15) is 26.5 Å². The summed E-state index contributed by atoms with van der Waals surface area (Å²) in [5.74, 6) is -0.708. The van der Waals surface area contributed by atoms with Crippen molar-refractivity contribution >= 4 is 34.3 Å². The van der Waals surface area contributed by atoms with Crippen molar-refractivity contribution in [1.82, 2.24) is 10.1 Å². The molecule has 0 bridgehead atoms. The summed E-state index contributed by atoms with van der Waals surface area (Å²) in [6.45, 7) is 1.21. The van der Waals surface area contributed by atoms with Crippen LogP contribution in [0.15, 0.2) is 59.3 Å². The number of hydrogen-bond donors (Lipinski definition) is 1. The van der Waals surface area contributed by atoms with Crippen LogP contribution in [0.3, 0.4) is 0 Å². The van der Waals surface area contributed by atoms with Gasteiger partial charge in [-0.3, -0.25) is 4.79 Å². The van der Waals surface area contributed by atoms with E-state index in [4.69, 9.17) is 20.9 Å². The minimum atomic E-state index is -0.693. The number of H-pyrrole nitrogens is 1. The molecule has 0 spiro atoms. The van der Waals surface area contributed by atoms with Gasteiger partial charge >= 0.3 is 5.97 Å². The number of aromatic nitrogens is 2. The fraction of sp³-hybridized carbons (Fsp3) is 0.0952. The molecule has 0 saturated carbocycles. The molecule has 0 aliphatic rings. The van der Waals surface area contributed by atoms with E-state index in [1.165, 1.54) is 0 Å². The van der Waals surface area contributed by atoms with Crippen LogP contribution < -0.4 is 0 Å². The highest BCUT2D eigenvalue weighted by Crippen LogP contribution is 2.31. The number of Topliss-reactive ketones (excluding diaryl/α,β-unsaturated/α-hetero) is 1. The number of halogens is 1. The lowest BCUT2D eigenvalue weighted by Gasteiger charge is -2.06. The summed E-state index contributed by atoms with van der Waals surface area (Å²) in [6.07, 6.45) is 1.61. The lowest BCUT2D eigenvalue weighted by Crippen LogP contribution is -2.15. The van der Waals surface area contributed by atoms with Gasteiger partial charge in [0, 0.05) is 28.2 Å². The third kappa shape index (κ3) is 3.18. The zero-order valence-corrected chi connectivity index (χ0v) is 15.6. The van der Waals surface area contributed by atoms with E-state index in [1.807, 2.05) is 24.3 Å². The van der Waals surface area contributed by atoms with Crippen molar-refractivity contribution in [2.24, 2.45) is 0 Å². The Morgan fingerprint density at radius 1 is 1.14 bits per heavy atom. The largest absolute Gasteiger partial charge is 0.454 e. The number of hydrogen-bond acceptors (Lipinski definition) is 5. The molecule has 7 heteroatoms. The number of ketones is 1. The van der Waals surface area contributed by atoms with Gasteiger partial charge in [-0.1, -0.05) is 53.2 Å². The molecule has 0 aliphatic heterocycles. The van der Waals surface area contributed by atoms with Crippen molar-refractivity contribution in [3.63, 3.8) is 0 Å². The van der Waals surface area contributed by atoms with Crippen LogP contribution >= 0.6 is 11.6 Å². The predicted molar refractivity (Wildman–Crippen MR) is 105 cm³/mol. The normalized spacial score (nSPS) is 10.9. The van der Waals surface area contributed by atoms with Crippen LogP contribution in [-0.2, 0) is 4.74 Å². The molecule has 0 amide bonds. The molecule has 0 saturated heterocycles. The first-order chi connectivity index (χ1) is 13.6. The molecule has 0 aliphatic carbocycles. The van der Waals surface area contributed by atoms with Crippen molar-refractivity contribution in [2.45, 2.75) is 6.92 Å². The fourth-order valence-corrected chi connectivity index (χ4v) is 3.26. The number of esters is 1. The molecule has 28 heavy (non-hydrogen) atoms. The number of nitrogens with zero attached hydrogens (tertiary/aromatic N) is 1. The monoisotopic (exact) mass is 394 g/mol. The van der Waals surface area contributed by atoms with E-state index in [-0.39, 0.29) is 17.0 Å². The minimum Gasteiger partial charge on any atom is -0.454 e. The van der Waals surface area contributed by atoms with Crippen molar-refractivity contribution in [3.8, 4) is 11.3 Å². The molecule has 4 aromatic rings. The number of carbonyl (C=O) groups is 2. The van der Waals surface area contributed by atoms with Crippen molar-refractivity contribution in [3.05, 3.63) is 76.6 Å². The highest BCUT2D eigenvalue weighted by Gasteiger charge is 2.25. The Hall–Kier alpha value is -3.38. The molecule has 2 heterocycles.